The number of halogens is 2. The molecular formula is C11H11Cl2N3O4. The summed E-state index contributed by atoms with van der Waals surface area (Å²) in [6.07, 6.45) is -0.0342. The smallest absolute Gasteiger partial charge is 0.337 e. The maximum Gasteiger partial charge on any atom is 0.337 e. The van der Waals surface area contributed by atoms with Gasteiger partial charge in [-0.25, -0.2) is 9.59 Å². The van der Waals surface area contributed by atoms with Crippen LogP contribution in [-0.4, -0.2) is 29.6 Å². The van der Waals surface area contributed by atoms with Crippen LogP contribution in [0.15, 0.2) is 12.1 Å². The van der Waals surface area contributed by atoms with E-state index < -0.39 is 17.9 Å². The lowest BCUT2D eigenvalue weighted by Crippen LogP contribution is -2.32. The van der Waals surface area contributed by atoms with Crippen LogP contribution in [0.2, 0.25) is 10.0 Å². The first-order chi connectivity index (χ1) is 9.31. The summed E-state index contributed by atoms with van der Waals surface area (Å²) in [7, 11) is 0. The molecule has 9 heteroatoms. The van der Waals surface area contributed by atoms with Gasteiger partial charge in [-0.3, -0.25) is 4.79 Å². The second-order valence-electron chi connectivity index (χ2n) is 3.71. The number of benzene rings is 1. The molecule has 5 N–H and O–H groups in total. The number of hydrogen-bond donors (Lipinski definition) is 4. The fraction of sp³-hybridized carbons (Fsp3) is 0.182. The van der Waals surface area contributed by atoms with E-state index in [0.29, 0.717) is 0 Å². The first-order valence-corrected chi connectivity index (χ1v) is 6.12. The van der Waals surface area contributed by atoms with Crippen molar-refractivity contribution >= 4 is 46.8 Å². The number of primary amides is 1. The van der Waals surface area contributed by atoms with Crippen molar-refractivity contribution < 1.29 is 19.5 Å². The zero-order chi connectivity index (χ0) is 15.3. The Balaban J connectivity index is 2.83. The number of hydrogen-bond acceptors (Lipinski definition) is 3. The Bertz CT molecular complexity index is 563. The summed E-state index contributed by atoms with van der Waals surface area (Å²) < 4.78 is 0. The molecule has 108 valence electrons. The summed E-state index contributed by atoms with van der Waals surface area (Å²) in [6.45, 7) is 0.0226. The van der Waals surface area contributed by atoms with E-state index in [0.717, 1.165) is 6.07 Å². The number of anilines is 1. The van der Waals surface area contributed by atoms with Crippen molar-refractivity contribution in [3.05, 3.63) is 27.7 Å². The summed E-state index contributed by atoms with van der Waals surface area (Å²) in [5.74, 6) is -1.86. The van der Waals surface area contributed by atoms with Gasteiger partial charge in [-0.1, -0.05) is 23.2 Å². The maximum atomic E-state index is 11.5. The Morgan fingerprint density at radius 3 is 2.45 bits per heavy atom. The molecule has 1 aromatic rings. The average Bonchev–Trinajstić information content (AvgIpc) is 2.31. The van der Waals surface area contributed by atoms with Crippen molar-refractivity contribution in [2.75, 3.05) is 11.9 Å². The van der Waals surface area contributed by atoms with Crippen LogP contribution in [0.4, 0.5) is 10.5 Å². The Morgan fingerprint density at radius 2 is 1.90 bits per heavy atom. The van der Waals surface area contributed by atoms with Crippen LogP contribution in [0.1, 0.15) is 16.8 Å². The SMILES string of the molecule is NC(=O)CCNC(=O)Nc1c(Cl)cc(Cl)cc1C(=O)O. The number of carboxylic acid groups (broad SMARTS) is 1. The lowest BCUT2D eigenvalue weighted by atomic mass is 10.2. The summed E-state index contributed by atoms with van der Waals surface area (Å²) in [4.78, 5) is 33.1. The molecule has 0 fully saturated rings. The van der Waals surface area contributed by atoms with Crippen molar-refractivity contribution in [3.63, 3.8) is 0 Å². The van der Waals surface area contributed by atoms with E-state index >= 15 is 0 Å². The highest BCUT2D eigenvalue weighted by molar-refractivity contribution is 6.37. The molecule has 0 radical (unpaired) electrons. The number of nitrogens with one attached hydrogen (secondary N) is 2. The van der Waals surface area contributed by atoms with Crippen LogP contribution >= 0.6 is 23.2 Å². The molecule has 20 heavy (non-hydrogen) atoms. The van der Waals surface area contributed by atoms with E-state index in [2.05, 4.69) is 10.6 Å². The van der Waals surface area contributed by atoms with Crippen LogP contribution in [0.5, 0.6) is 0 Å². The normalized spacial score (nSPS) is 9.90. The van der Waals surface area contributed by atoms with E-state index in [1.165, 1.54) is 6.07 Å². The molecule has 7 nitrogen and oxygen atoms in total. The quantitative estimate of drug-likeness (QED) is 0.659. The third-order valence-electron chi connectivity index (χ3n) is 2.18. The highest BCUT2D eigenvalue weighted by Crippen LogP contribution is 2.30. The summed E-state index contributed by atoms with van der Waals surface area (Å²) in [5, 5.41) is 13.8. The van der Waals surface area contributed by atoms with Gasteiger partial charge in [-0.2, -0.15) is 0 Å². The number of carbonyl (C=O) groups is 3. The number of carboxylic acids is 1. The number of nitrogens with two attached hydrogens (primary N) is 1. The standard InChI is InChI=1S/C11H11Cl2N3O4/c12-5-3-6(10(18)19)9(7(13)4-5)16-11(20)15-2-1-8(14)17/h3-4H,1-2H2,(H2,14,17)(H,18,19)(H2,15,16,20). The van der Waals surface area contributed by atoms with E-state index in [4.69, 9.17) is 34.0 Å². The number of carbonyl (C=O) groups excluding carboxylic acids is 2. The number of aromatic carboxylic acids is 1. The zero-order valence-corrected chi connectivity index (χ0v) is 11.6. The summed E-state index contributed by atoms with van der Waals surface area (Å²) >= 11 is 11.5. The third kappa shape index (κ3) is 4.60. The minimum Gasteiger partial charge on any atom is -0.478 e. The number of urea groups is 1. The Morgan fingerprint density at radius 1 is 1.25 bits per heavy atom. The molecule has 0 heterocycles. The van der Waals surface area contributed by atoms with Crippen LogP contribution in [0.3, 0.4) is 0 Å². The Labute approximate surface area is 124 Å². The van der Waals surface area contributed by atoms with E-state index in [1.54, 1.807) is 0 Å². The zero-order valence-electron chi connectivity index (χ0n) is 10.1. The van der Waals surface area contributed by atoms with E-state index in [9.17, 15) is 14.4 Å². The molecule has 1 aromatic carbocycles. The minimum absolute atomic E-state index is 0.0139. The fourth-order valence-corrected chi connectivity index (χ4v) is 1.87. The van der Waals surface area contributed by atoms with Crippen LogP contribution < -0.4 is 16.4 Å². The average molecular weight is 320 g/mol. The largest absolute Gasteiger partial charge is 0.478 e. The minimum atomic E-state index is -1.29. The third-order valence-corrected chi connectivity index (χ3v) is 2.70. The van der Waals surface area contributed by atoms with Crippen molar-refractivity contribution in [1.82, 2.24) is 5.32 Å². The van der Waals surface area contributed by atoms with Gasteiger partial charge in [0.1, 0.15) is 0 Å². The molecule has 0 aliphatic rings. The lowest BCUT2D eigenvalue weighted by molar-refractivity contribution is -0.117. The summed E-state index contributed by atoms with van der Waals surface area (Å²) in [5.41, 5.74) is 4.59. The van der Waals surface area contributed by atoms with Crippen LogP contribution in [0, 0.1) is 0 Å². The second-order valence-corrected chi connectivity index (χ2v) is 4.56. The molecule has 0 aliphatic carbocycles. The predicted octanol–water partition coefficient (Wildman–Crippen LogP) is 1.69. The van der Waals surface area contributed by atoms with Gasteiger partial charge in [0.05, 0.1) is 16.3 Å². The molecule has 0 aromatic heterocycles. The van der Waals surface area contributed by atoms with Crippen molar-refractivity contribution in [2.45, 2.75) is 6.42 Å². The molecule has 0 spiro atoms. The molecule has 0 saturated carbocycles. The molecule has 1 rings (SSSR count). The topological polar surface area (TPSA) is 122 Å². The highest BCUT2D eigenvalue weighted by atomic mass is 35.5. The van der Waals surface area contributed by atoms with Crippen molar-refractivity contribution in [1.29, 1.82) is 0 Å². The molecule has 0 aliphatic heterocycles. The van der Waals surface area contributed by atoms with Gasteiger partial charge in [-0.15, -0.1) is 0 Å². The fourth-order valence-electron chi connectivity index (χ4n) is 1.33. The predicted molar refractivity (Wildman–Crippen MR) is 74.3 cm³/mol. The van der Waals surface area contributed by atoms with Crippen LogP contribution in [-0.2, 0) is 4.79 Å². The van der Waals surface area contributed by atoms with Gasteiger partial charge in [0.25, 0.3) is 0 Å². The summed E-state index contributed by atoms with van der Waals surface area (Å²) in [6, 6.07) is 1.75. The monoisotopic (exact) mass is 319 g/mol. The number of rotatable bonds is 5. The van der Waals surface area contributed by atoms with E-state index in [-0.39, 0.29) is 34.3 Å². The molecule has 0 saturated heterocycles. The maximum absolute atomic E-state index is 11.5. The van der Waals surface area contributed by atoms with Crippen LogP contribution in [0.25, 0.3) is 0 Å². The first kappa shape index (κ1) is 16.1. The van der Waals surface area contributed by atoms with E-state index in [1.807, 2.05) is 0 Å². The molecule has 0 atom stereocenters. The van der Waals surface area contributed by atoms with Crippen molar-refractivity contribution in [3.8, 4) is 0 Å². The molecule has 3 amide bonds. The first-order valence-electron chi connectivity index (χ1n) is 5.36. The number of amides is 3. The Kier molecular flexibility index (Phi) is 5.60. The van der Waals surface area contributed by atoms with Gasteiger partial charge in [0.2, 0.25) is 5.91 Å². The van der Waals surface area contributed by atoms with Gasteiger partial charge < -0.3 is 21.5 Å². The Hall–Kier alpha value is -1.99. The second kappa shape index (κ2) is 6.97. The van der Waals surface area contributed by atoms with Gasteiger partial charge >= 0.3 is 12.0 Å². The lowest BCUT2D eigenvalue weighted by Gasteiger charge is -2.11. The highest BCUT2D eigenvalue weighted by Gasteiger charge is 2.17. The van der Waals surface area contributed by atoms with Gasteiger partial charge in [0.15, 0.2) is 0 Å². The molecule has 0 unspecified atom stereocenters. The molecule has 0 bridgehead atoms. The van der Waals surface area contributed by atoms with Crippen molar-refractivity contribution in [2.24, 2.45) is 5.73 Å². The van der Waals surface area contributed by atoms with Gasteiger partial charge in [-0.05, 0) is 12.1 Å². The molecular weight excluding hydrogens is 309 g/mol. The van der Waals surface area contributed by atoms with Gasteiger partial charge in [0, 0.05) is 18.0 Å².